The summed E-state index contributed by atoms with van der Waals surface area (Å²) in [6, 6.07) is 23.8. The third-order valence-corrected chi connectivity index (χ3v) is 6.08. The molecule has 3 rings (SSSR count). The molecule has 3 aromatic rings. The van der Waals surface area contributed by atoms with Crippen molar-refractivity contribution < 1.29 is 24.2 Å². The van der Waals surface area contributed by atoms with Crippen LogP contribution in [-0.2, 0) is 14.4 Å². The smallest absolute Gasteiger partial charge is 0.303 e. The van der Waals surface area contributed by atoms with E-state index >= 15 is 0 Å². The van der Waals surface area contributed by atoms with Gasteiger partial charge >= 0.3 is 5.97 Å². The van der Waals surface area contributed by atoms with Gasteiger partial charge in [-0.15, -0.1) is 11.8 Å². The molecule has 7 nitrogen and oxygen atoms in total. The van der Waals surface area contributed by atoms with Crippen molar-refractivity contribution in [2.75, 3.05) is 10.6 Å². The minimum absolute atomic E-state index is 0.0954. The summed E-state index contributed by atoms with van der Waals surface area (Å²) in [5.74, 6) is -0.0985. The summed E-state index contributed by atoms with van der Waals surface area (Å²) >= 11 is 1.40. The fourth-order valence-corrected chi connectivity index (χ4v) is 4.04. The molecule has 176 valence electrons. The maximum atomic E-state index is 12.8. The van der Waals surface area contributed by atoms with Gasteiger partial charge in [0.1, 0.15) is 11.5 Å². The van der Waals surface area contributed by atoms with E-state index in [1.807, 2.05) is 43.3 Å². The first kappa shape index (κ1) is 24.9. The lowest BCUT2D eigenvalue weighted by atomic mass is 10.2. The van der Waals surface area contributed by atoms with Crippen LogP contribution in [0.5, 0.6) is 11.5 Å². The minimum atomic E-state index is -1.02. The molecule has 0 bridgehead atoms. The number of anilines is 2. The number of para-hydroxylation sites is 1. The van der Waals surface area contributed by atoms with Crippen LogP contribution in [0.4, 0.5) is 11.4 Å². The van der Waals surface area contributed by atoms with Crippen molar-refractivity contribution in [1.29, 1.82) is 0 Å². The van der Waals surface area contributed by atoms with Gasteiger partial charge in [0.15, 0.2) is 0 Å². The van der Waals surface area contributed by atoms with E-state index in [0.29, 0.717) is 23.5 Å². The number of carbonyl (C=O) groups excluding carboxylic acids is 2. The zero-order valence-electron chi connectivity index (χ0n) is 18.7. The zero-order chi connectivity index (χ0) is 24.3. The molecule has 0 spiro atoms. The van der Waals surface area contributed by atoms with Crippen molar-refractivity contribution >= 4 is 40.9 Å². The van der Waals surface area contributed by atoms with Gasteiger partial charge in [-0.2, -0.15) is 0 Å². The number of rotatable bonds is 11. The molecule has 0 saturated carbocycles. The Balaban J connectivity index is 1.56. The maximum absolute atomic E-state index is 12.8. The SMILES string of the molecule is CCC(Sc1cccc(NC(=O)CCC(=O)O)c1)C(=O)Nc1ccc(Oc2ccccc2)cc1. The zero-order valence-corrected chi connectivity index (χ0v) is 19.5. The molecule has 3 N–H and O–H groups in total. The largest absolute Gasteiger partial charge is 0.481 e. The van der Waals surface area contributed by atoms with Crippen LogP contribution in [0.1, 0.15) is 26.2 Å². The molecule has 8 heteroatoms. The molecular weight excluding hydrogens is 452 g/mol. The van der Waals surface area contributed by atoms with Crippen molar-refractivity contribution in [3.05, 3.63) is 78.9 Å². The van der Waals surface area contributed by atoms with Crippen LogP contribution in [0.15, 0.2) is 83.8 Å². The first-order valence-electron chi connectivity index (χ1n) is 10.8. The third-order valence-electron chi connectivity index (χ3n) is 4.73. The van der Waals surface area contributed by atoms with Crippen LogP contribution in [0, 0.1) is 0 Å². The van der Waals surface area contributed by atoms with Crippen LogP contribution in [0.2, 0.25) is 0 Å². The Kier molecular flexibility index (Phi) is 9.11. The molecule has 0 fully saturated rings. The number of hydrogen-bond acceptors (Lipinski definition) is 5. The number of nitrogens with one attached hydrogen (secondary N) is 2. The number of thioether (sulfide) groups is 1. The maximum Gasteiger partial charge on any atom is 0.303 e. The first-order valence-corrected chi connectivity index (χ1v) is 11.7. The summed E-state index contributed by atoms with van der Waals surface area (Å²) in [6.45, 7) is 1.94. The number of amides is 2. The van der Waals surface area contributed by atoms with Crippen molar-refractivity contribution in [3.63, 3.8) is 0 Å². The molecule has 0 heterocycles. The summed E-state index contributed by atoms with van der Waals surface area (Å²) < 4.78 is 5.78. The van der Waals surface area contributed by atoms with Crippen LogP contribution < -0.4 is 15.4 Å². The number of hydrogen-bond donors (Lipinski definition) is 3. The van der Waals surface area contributed by atoms with Gasteiger partial charge in [0, 0.05) is 22.7 Å². The molecule has 0 aliphatic carbocycles. The lowest BCUT2D eigenvalue weighted by Gasteiger charge is -2.16. The van der Waals surface area contributed by atoms with Crippen molar-refractivity contribution in [2.45, 2.75) is 36.3 Å². The van der Waals surface area contributed by atoms with E-state index in [1.54, 1.807) is 42.5 Å². The predicted octanol–water partition coefficient (Wildman–Crippen LogP) is 5.79. The molecule has 1 atom stereocenters. The molecule has 0 aliphatic heterocycles. The van der Waals surface area contributed by atoms with E-state index in [0.717, 1.165) is 10.6 Å². The Morgan fingerprint density at radius 2 is 1.56 bits per heavy atom. The molecular formula is C26H26N2O5S. The Bertz CT molecular complexity index is 1120. The summed E-state index contributed by atoms with van der Waals surface area (Å²) in [5.41, 5.74) is 1.23. The summed E-state index contributed by atoms with van der Waals surface area (Å²) in [5, 5.41) is 14.0. The summed E-state index contributed by atoms with van der Waals surface area (Å²) in [4.78, 5) is 36.2. The number of carboxylic acids is 1. The molecule has 34 heavy (non-hydrogen) atoms. The molecule has 0 aliphatic rings. The van der Waals surface area contributed by atoms with Crippen LogP contribution >= 0.6 is 11.8 Å². The van der Waals surface area contributed by atoms with Crippen LogP contribution in [0.3, 0.4) is 0 Å². The number of aliphatic carboxylic acids is 1. The van der Waals surface area contributed by atoms with Crippen molar-refractivity contribution in [1.82, 2.24) is 0 Å². The molecule has 0 radical (unpaired) electrons. The average molecular weight is 479 g/mol. The van der Waals surface area contributed by atoms with Gasteiger partial charge in [-0.25, -0.2) is 0 Å². The Labute approximate surface area is 202 Å². The van der Waals surface area contributed by atoms with Crippen LogP contribution in [-0.4, -0.2) is 28.1 Å². The van der Waals surface area contributed by atoms with E-state index in [2.05, 4.69) is 10.6 Å². The van der Waals surface area contributed by atoms with Gasteiger partial charge in [0.25, 0.3) is 0 Å². The molecule has 3 aromatic carbocycles. The van der Waals surface area contributed by atoms with E-state index < -0.39 is 5.97 Å². The fourth-order valence-electron chi connectivity index (χ4n) is 3.03. The Hall–Kier alpha value is -3.78. The van der Waals surface area contributed by atoms with Gasteiger partial charge in [-0.05, 0) is 61.0 Å². The van der Waals surface area contributed by atoms with Crippen molar-refractivity contribution in [2.24, 2.45) is 0 Å². The highest BCUT2D eigenvalue weighted by Gasteiger charge is 2.18. The van der Waals surface area contributed by atoms with Gasteiger partial charge in [-0.1, -0.05) is 31.2 Å². The Morgan fingerprint density at radius 1 is 0.853 bits per heavy atom. The molecule has 1 unspecified atom stereocenters. The topological polar surface area (TPSA) is 105 Å². The highest BCUT2D eigenvalue weighted by molar-refractivity contribution is 8.00. The second kappa shape index (κ2) is 12.5. The lowest BCUT2D eigenvalue weighted by molar-refractivity contribution is -0.138. The molecule has 0 saturated heterocycles. The lowest BCUT2D eigenvalue weighted by Crippen LogP contribution is -2.24. The van der Waals surface area contributed by atoms with E-state index in [9.17, 15) is 14.4 Å². The predicted molar refractivity (Wildman–Crippen MR) is 133 cm³/mol. The van der Waals surface area contributed by atoms with Crippen LogP contribution in [0.25, 0.3) is 0 Å². The molecule has 0 aromatic heterocycles. The quantitative estimate of drug-likeness (QED) is 0.301. The van der Waals surface area contributed by atoms with Gasteiger partial charge in [0.05, 0.1) is 11.7 Å². The number of carboxylic acid groups (broad SMARTS) is 1. The second-order valence-electron chi connectivity index (χ2n) is 7.41. The molecule has 2 amide bonds. The third kappa shape index (κ3) is 7.97. The minimum Gasteiger partial charge on any atom is -0.481 e. The highest BCUT2D eigenvalue weighted by Crippen LogP contribution is 2.29. The average Bonchev–Trinajstić information content (AvgIpc) is 2.83. The first-order chi connectivity index (χ1) is 16.4. The monoisotopic (exact) mass is 478 g/mol. The van der Waals surface area contributed by atoms with Gasteiger partial charge in [0.2, 0.25) is 11.8 Å². The van der Waals surface area contributed by atoms with Gasteiger partial charge < -0.3 is 20.5 Å². The van der Waals surface area contributed by atoms with E-state index in [4.69, 9.17) is 9.84 Å². The summed E-state index contributed by atoms with van der Waals surface area (Å²) in [6.07, 6.45) is 0.292. The summed E-state index contributed by atoms with van der Waals surface area (Å²) in [7, 11) is 0. The Morgan fingerprint density at radius 3 is 2.24 bits per heavy atom. The fraction of sp³-hybridized carbons (Fsp3) is 0.192. The second-order valence-corrected chi connectivity index (χ2v) is 8.69. The van der Waals surface area contributed by atoms with E-state index in [1.165, 1.54) is 11.8 Å². The highest BCUT2D eigenvalue weighted by atomic mass is 32.2. The standard InChI is InChI=1S/C26H26N2O5S/c1-2-23(34-22-10-6-7-19(17-22)27-24(29)15-16-25(30)31)26(32)28-18-11-13-21(14-12-18)33-20-8-4-3-5-9-20/h3-14,17,23H,2,15-16H2,1H3,(H,27,29)(H,28,32)(H,30,31). The number of carbonyl (C=O) groups is 3. The van der Waals surface area contributed by atoms with Gasteiger partial charge in [-0.3, -0.25) is 14.4 Å². The van der Waals surface area contributed by atoms with E-state index in [-0.39, 0.29) is 29.9 Å². The normalized spacial score (nSPS) is 11.3. The van der Waals surface area contributed by atoms with Crippen molar-refractivity contribution in [3.8, 4) is 11.5 Å². The number of benzene rings is 3. The number of ether oxygens (including phenoxy) is 1.